The molecular formula is C16H24N2. The molecular weight excluding hydrogens is 220 g/mol. The van der Waals surface area contributed by atoms with E-state index in [1.54, 1.807) is 0 Å². The van der Waals surface area contributed by atoms with Crippen LogP contribution in [0.25, 0.3) is 0 Å². The largest absolute Gasteiger partial charge is 0.271 e. The van der Waals surface area contributed by atoms with Gasteiger partial charge in [0.05, 0.1) is 0 Å². The number of hydrogen-bond donors (Lipinski definition) is 2. The average molecular weight is 244 g/mol. The summed E-state index contributed by atoms with van der Waals surface area (Å²) in [6.07, 6.45) is 11.0. The highest BCUT2D eigenvalue weighted by Crippen LogP contribution is 2.22. The molecule has 2 nitrogen and oxygen atoms in total. The molecule has 1 unspecified atom stereocenters. The Labute approximate surface area is 110 Å². The fourth-order valence-electron chi connectivity index (χ4n) is 2.69. The molecule has 0 spiro atoms. The number of nitrogens with two attached hydrogens (primary N) is 1. The molecule has 1 aliphatic rings. The highest BCUT2D eigenvalue weighted by molar-refractivity contribution is 5.17. The fourth-order valence-corrected chi connectivity index (χ4v) is 2.69. The Hall–Kier alpha value is -1.12. The summed E-state index contributed by atoms with van der Waals surface area (Å²) in [5.74, 6) is 5.73. The summed E-state index contributed by atoms with van der Waals surface area (Å²) in [6, 6.07) is 11.0. The molecule has 0 amide bonds. The molecule has 0 radical (unpaired) electrons. The van der Waals surface area contributed by atoms with Gasteiger partial charge in [0, 0.05) is 6.04 Å². The van der Waals surface area contributed by atoms with Crippen molar-refractivity contribution in [1.82, 2.24) is 5.43 Å². The molecule has 1 aromatic carbocycles. The minimum absolute atomic E-state index is 0.350. The maximum absolute atomic E-state index is 5.73. The molecule has 18 heavy (non-hydrogen) atoms. The average Bonchev–Trinajstić information content (AvgIpc) is 2.70. The molecule has 0 heterocycles. The van der Waals surface area contributed by atoms with Crippen molar-refractivity contribution in [3.8, 4) is 0 Å². The Morgan fingerprint density at radius 3 is 2.72 bits per heavy atom. The van der Waals surface area contributed by atoms with Gasteiger partial charge in [-0.3, -0.25) is 11.3 Å². The third-order valence-corrected chi connectivity index (χ3v) is 3.79. The van der Waals surface area contributed by atoms with Crippen LogP contribution in [0.1, 0.15) is 44.1 Å². The third-order valence-electron chi connectivity index (χ3n) is 3.79. The standard InChI is InChI=1S/C16H24N2/c17-18-16(15-10-6-1-2-7-11-15)13-12-14-8-4-3-5-9-14/h3-5,8-10,16,18H,1-2,6-7,11-13,17H2. The molecule has 0 saturated carbocycles. The van der Waals surface area contributed by atoms with E-state index in [4.69, 9.17) is 5.84 Å². The number of rotatable bonds is 5. The topological polar surface area (TPSA) is 38.0 Å². The highest BCUT2D eigenvalue weighted by Gasteiger charge is 2.13. The molecule has 0 aromatic heterocycles. The second-order valence-corrected chi connectivity index (χ2v) is 5.12. The van der Waals surface area contributed by atoms with Crippen LogP contribution in [-0.4, -0.2) is 6.04 Å². The Morgan fingerprint density at radius 2 is 1.94 bits per heavy atom. The van der Waals surface area contributed by atoms with Crippen LogP contribution in [0.4, 0.5) is 0 Å². The summed E-state index contributed by atoms with van der Waals surface area (Å²) in [6.45, 7) is 0. The van der Waals surface area contributed by atoms with E-state index < -0.39 is 0 Å². The quantitative estimate of drug-likeness (QED) is 0.473. The van der Waals surface area contributed by atoms with Crippen molar-refractivity contribution >= 4 is 0 Å². The van der Waals surface area contributed by atoms with Crippen LogP contribution in [0.15, 0.2) is 42.0 Å². The van der Waals surface area contributed by atoms with Crippen molar-refractivity contribution in [1.29, 1.82) is 0 Å². The lowest BCUT2D eigenvalue weighted by molar-refractivity contribution is 0.532. The van der Waals surface area contributed by atoms with E-state index in [-0.39, 0.29) is 0 Å². The number of hydrazine groups is 1. The predicted octanol–water partition coefficient (Wildman–Crippen LogP) is 3.34. The van der Waals surface area contributed by atoms with Crippen molar-refractivity contribution in [2.75, 3.05) is 0 Å². The smallest absolute Gasteiger partial charge is 0.0422 e. The Morgan fingerprint density at radius 1 is 1.11 bits per heavy atom. The van der Waals surface area contributed by atoms with Gasteiger partial charge in [0.1, 0.15) is 0 Å². The van der Waals surface area contributed by atoms with Gasteiger partial charge in [-0.1, -0.05) is 48.4 Å². The third kappa shape index (κ3) is 3.97. The van der Waals surface area contributed by atoms with Gasteiger partial charge >= 0.3 is 0 Å². The summed E-state index contributed by atoms with van der Waals surface area (Å²) >= 11 is 0. The summed E-state index contributed by atoms with van der Waals surface area (Å²) in [4.78, 5) is 0. The van der Waals surface area contributed by atoms with Crippen molar-refractivity contribution in [3.05, 3.63) is 47.5 Å². The van der Waals surface area contributed by atoms with E-state index in [0.29, 0.717) is 6.04 Å². The van der Waals surface area contributed by atoms with Crippen molar-refractivity contribution in [2.24, 2.45) is 5.84 Å². The van der Waals surface area contributed by atoms with Gasteiger partial charge in [-0.15, -0.1) is 0 Å². The first-order valence-electron chi connectivity index (χ1n) is 7.09. The lowest BCUT2D eigenvalue weighted by Gasteiger charge is -2.19. The van der Waals surface area contributed by atoms with E-state index in [1.165, 1.54) is 43.2 Å². The van der Waals surface area contributed by atoms with Crippen molar-refractivity contribution < 1.29 is 0 Å². The van der Waals surface area contributed by atoms with Crippen LogP contribution in [0.2, 0.25) is 0 Å². The number of benzene rings is 1. The zero-order valence-electron chi connectivity index (χ0n) is 11.1. The molecule has 3 N–H and O–H groups in total. The van der Waals surface area contributed by atoms with Gasteiger partial charge < -0.3 is 0 Å². The van der Waals surface area contributed by atoms with E-state index in [2.05, 4.69) is 41.8 Å². The first-order chi connectivity index (χ1) is 8.90. The molecule has 1 aromatic rings. The molecule has 0 bridgehead atoms. The van der Waals surface area contributed by atoms with Gasteiger partial charge in [0.2, 0.25) is 0 Å². The summed E-state index contributed by atoms with van der Waals surface area (Å²) < 4.78 is 0. The molecule has 0 saturated heterocycles. The molecule has 0 fully saturated rings. The zero-order chi connectivity index (χ0) is 12.6. The minimum atomic E-state index is 0.350. The first kappa shape index (κ1) is 13.3. The van der Waals surface area contributed by atoms with E-state index in [9.17, 15) is 0 Å². The van der Waals surface area contributed by atoms with Crippen LogP contribution in [-0.2, 0) is 6.42 Å². The van der Waals surface area contributed by atoms with Crippen LogP contribution in [0.5, 0.6) is 0 Å². The molecule has 2 heteroatoms. The van der Waals surface area contributed by atoms with E-state index in [0.717, 1.165) is 12.8 Å². The normalized spacial score (nSPS) is 17.9. The van der Waals surface area contributed by atoms with Crippen LogP contribution in [0, 0.1) is 0 Å². The lowest BCUT2D eigenvalue weighted by Crippen LogP contribution is -2.37. The van der Waals surface area contributed by atoms with Crippen LogP contribution < -0.4 is 11.3 Å². The van der Waals surface area contributed by atoms with Crippen LogP contribution in [0.3, 0.4) is 0 Å². The maximum Gasteiger partial charge on any atom is 0.0422 e. The Kier molecular flexibility index (Phi) is 5.43. The van der Waals surface area contributed by atoms with Gasteiger partial charge in [-0.2, -0.15) is 0 Å². The van der Waals surface area contributed by atoms with Gasteiger partial charge in [-0.05, 0) is 44.1 Å². The molecule has 0 aliphatic heterocycles. The maximum atomic E-state index is 5.73. The fraction of sp³-hybridized carbons (Fsp3) is 0.500. The van der Waals surface area contributed by atoms with Crippen LogP contribution >= 0.6 is 0 Å². The number of hydrogen-bond acceptors (Lipinski definition) is 2. The number of aryl methyl sites for hydroxylation is 1. The van der Waals surface area contributed by atoms with E-state index in [1.807, 2.05) is 0 Å². The number of nitrogens with one attached hydrogen (secondary N) is 1. The molecule has 1 atom stereocenters. The first-order valence-corrected chi connectivity index (χ1v) is 7.09. The SMILES string of the molecule is NNC(CCc1ccccc1)C1=CCCCCC1. The minimum Gasteiger partial charge on any atom is -0.271 e. The molecule has 2 rings (SSSR count). The second-order valence-electron chi connectivity index (χ2n) is 5.12. The van der Waals surface area contributed by atoms with E-state index >= 15 is 0 Å². The van der Waals surface area contributed by atoms with Crippen molar-refractivity contribution in [3.63, 3.8) is 0 Å². The summed E-state index contributed by atoms with van der Waals surface area (Å²) in [7, 11) is 0. The predicted molar refractivity (Wildman–Crippen MR) is 77.0 cm³/mol. The molecule has 1 aliphatic carbocycles. The summed E-state index contributed by atoms with van der Waals surface area (Å²) in [5.41, 5.74) is 5.92. The van der Waals surface area contributed by atoms with Crippen molar-refractivity contribution in [2.45, 2.75) is 51.0 Å². The second kappa shape index (κ2) is 7.34. The van der Waals surface area contributed by atoms with Gasteiger partial charge in [-0.25, -0.2) is 0 Å². The Bertz CT molecular complexity index is 370. The number of allylic oxidation sites excluding steroid dienone is 1. The lowest BCUT2D eigenvalue weighted by atomic mass is 9.96. The van der Waals surface area contributed by atoms with Gasteiger partial charge in [0.25, 0.3) is 0 Å². The molecule has 98 valence electrons. The Balaban J connectivity index is 1.90. The zero-order valence-corrected chi connectivity index (χ0v) is 11.1. The monoisotopic (exact) mass is 244 g/mol. The summed E-state index contributed by atoms with van der Waals surface area (Å²) in [5, 5.41) is 0. The highest BCUT2D eigenvalue weighted by atomic mass is 15.2. The van der Waals surface area contributed by atoms with Gasteiger partial charge in [0.15, 0.2) is 0 Å².